The number of aromatic nitrogens is 1. The maximum Gasteiger partial charge on any atom is 0.318 e. The highest BCUT2D eigenvalue weighted by Crippen LogP contribution is 2.30. The van der Waals surface area contributed by atoms with E-state index in [0.717, 1.165) is 34.2 Å². The highest BCUT2D eigenvalue weighted by atomic mass is 32.1. The molecule has 3 aromatic carbocycles. The molecule has 5 nitrogen and oxygen atoms in total. The first-order valence-corrected chi connectivity index (χ1v) is 11.8. The summed E-state index contributed by atoms with van der Waals surface area (Å²) in [6.45, 7) is 1.33. The monoisotopic (exact) mass is 443 g/mol. The molecule has 1 aliphatic rings. The van der Waals surface area contributed by atoms with E-state index in [1.54, 1.807) is 11.3 Å². The summed E-state index contributed by atoms with van der Waals surface area (Å²) >= 11 is 1.58. The molecule has 5 rings (SSSR count). The fourth-order valence-electron chi connectivity index (χ4n) is 4.09. The highest BCUT2D eigenvalue weighted by molar-refractivity contribution is 7.20. The van der Waals surface area contributed by atoms with Gasteiger partial charge in [0.2, 0.25) is 0 Å². The minimum absolute atomic E-state index is 0.0406. The van der Waals surface area contributed by atoms with E-state index in [0.29, 0.717) is 18.3 Å². The Morgan fingerprint density at radius 1 is 0.906 bits per heavy atom. The third kappa shape index (κ3) is 4.60. The van der Waals surface area contributed by atoms with Crippen LogP contribution in [0.1, 0.15) is 30.0 Å². The second-order valence-electron chi connectivity index (χ2n) is 7.96. The van der Waals surface area contributed by atoms with Gasteiger partial charge in [0.15, 0.2) is 0 Å². The largest absolute Gasteiger partial charge is 0.467 e. The number of hydrogen-bond acceptors (Lipinski definition) is 4. The molecule has 4 aromatic rings. The topological polar surface area (TPSA) is 54.5 Å². The number of likely N-dealkylation sites (tertiary alicyclic amines) is 1. The number of urea groups is 1. The summed E-state index contributed by atoms with van der Waals surface area (Å²) in [6.07, 6.45) is 1.67. The minimum Gasteiger partial charge on any atom is -0.467 e. The number of nitrogens with zero attached hydrogens (tertiary/aromatic N) is 2. The zero-order chi connectivity index (χ0) is 21.8. The Morgan fingerprint density at radius 2 is 1.50 bits per heavy atom. The number of nitrogens with one attached hydrogen (secondary N) is 1. The fraction of sp³-hybridized carbons (Fsp3) is 0.231. The number of para-hydroxylation sites is 1. The summed E-state index contributed by atoms with van der Waals surface area (Å²) in [7, 11) is 0. The van der Waals surface area contributed by atoms with Gasteiger partial charge >= 0.3 is 6.03 Å². The molecule has 1 aliphatic heterocycles. The van der Waals surface area contributed by atoms with Gasteiger partial charge in [-0.1, -0.05) is 84.1 Å². The average Bonchev–Trinajstić information content (AvgIpc) is 3.26. The lowest BCUT2D eigenvalue weighted by atomic mass is 9.99. The maximum absolute atomic E-state index is 13.1. The molecular formula is C26H25N3O2S. The molecule has 0 atom stereocenters. The molecule has 1 saturated heterocycles. The summed E-state index contributed by atoms with van der Waals surface area (Å²) in [5.74, 6) is 0. The molecule has 0 spiro atoms. The van der Waals surface area contributed by atoms with E-state index in [2.05, 4.69) is 40.6 Å². The van der Waals surface area contributed by atoms with Gasteiger partial charge in [0.05, 0.1) is 16.3 Å². The van der Waals surface area contributed by atoms with Crippen molar-refractivity contribution < 1.29 is 9.53 Å². The van der Waals surface area contributed by atoms with Gasteiger partial charge in [-0.25, -0.2) is 9.78 Å². The van der Waals surface area contributed by atoms with Crippen LogP contribution in [0.2, 0.25) is 0 Å². The van der Waals surface area contributed by atoms with Crippen LogP contribution in [-0.4, -0.2) is 35.1 Å². The van der Waals surface area contributed by atoms with Gasteiger partial charge in [0, 0.05) is 25.9 Å². The molecule has 0 aliphatic carbocycles. The van der Waals surface area contributed by atoms with Gasteiger partial charge in [0.25, 0.3) is 5.19 Å². The van der Waals surface area contributed by atoms with Crippen molar-refractivity contribution in [2.45, 2.75) is 25.0 Å². The van der Waals surface area contributed by atoms with Gasteiger partial charge < -0.3 is 15.0 Å². The number of thiazole rings is 1. The van der Waals surface area contributed by atoms with Crippen LogP contribution in [0, 0.1) is 0 Å². The number of rotatable bonds is 5. The van der Waals surface area contributed by atoms with Crippen LogP contribution in [0.5, 0.6) is 5.19 Å². The first kappa shape index (κ1) is 20.5. The molecule has 32 heavy (non-hydrogen) atoms. The lowest BCUT2D eigenvalue weighted by Crippen LogP contribution is -2.47. The SMILES string of the molecule is O=C(NC(c1ccccc1)c1ccccc1)N1CCC(Oc2nc3ccccc3s2)CC1. The van der Waals surface area contributed by atoms with Crippen LogP contribution in [0.25, 0.3) is 10.2 Å². The Bertz CT molecular complexity index is 1100. The first-order valence-electron chi connectivity index (χ1n) is 10.9. The van der Waals surface area contributed by atoms with Crippen molar-refractivity contribution in [1.29, 1.82) is 0 Å². The van der Waals surface area contributed by atoms with E-state index in [4.69, 9.17) is 4.74 Å². The number of benzene rings is 3. The Labute approximate surface area is 191 Å². The lowest BCUT2D eigenvalue weighted by molar-refractivity contribution is 0.110. The van der Waals surface area contributed by atoms with Gasteiger partial charge in [0.1, 0.15) is 6.10 Å². The molecule has 0 unspecified atom stereocenters. The van der Waals surface area contributed by atoms with Gasteiger partial charge in [-0.3, -0.25) is 0 Å². The molecule has 1 fully saturated rings. The number of ether oxygens (including phenoxy) is 1. The third-order valence-electron chi connectivity index (χ3n) is 5.80. The lowest BCUT2D eigenvalue weighted by Gasteiger charge is -2.33. The Hall–Kier alpha value is -3.38. The molecule has 2 amide bonds. The summed E-state index contributed by atoms with van der Waals surface area (Å²) in [6, 6.07) is 28.0. The zero-order valence-corrected chi connectivity index (χ0v) is 18.5. The summed E-state index contributed by atoms with van der Waals surface area (Å²) in [5.41, 5.74) is 3.11. The van der Waals surface area contributed by atoms with Gasteiger partial charge in [-0.2, -0.15) is 0 Å². The van der Waals surface area contributed by atoms with Crippen LogP contribution in [0.15, 0.2) is 84.9 Å². The third-order valence-corrected chi connectivity index (χ3v) is 6.73. The van der Waals surface area contributed by atoms with E-state index in [1.807, 2.05) is 59.5 Å². The second-order valence-corrected chi connectivity index (χ2v) is 8.95. The summed E-state index contributed by atoms with van der Waals surface area (Å²) in [4.78, 5) is 19.6. The molecule has 6 heteroatoms. The number of piperidine rings is 1. The van der Waals surface area contributed by atoms with E-state index in [1.165, 1.54) is 0 Å². The first-order chi connectivity index (χ1) is 15.8. The standard InChI is InChI=1S/C26H25N3O2S/c30-25(28-24(19-9-3-1-4-10-19)20-11-5-2-6-12-20)29-17-15-21(16-18-29)31-26-27-22-13-7-8-14-23(22)32-26/h1-14,21,24H,15-18H2,(H,28,30). The van der Waals surface area contributed by atoms with Crippen molar-refractivity contribution in [3.8, 4) is 5.19 Å². The minimum atomic E-state index is -0.179. The Kier molecular flexibility index (Phi) is 6.03. The highest BCUT2D eigenvalue weighted by Gasteiger charge is 2.27. The van der Waals surface area contributed by atoms with Gasteiger partial charge in [-0.15, -0.1) is 0 Å². The summed E-state index contributed by atoms with van der Waals surface area (Å²) < 4.78 is 7.27. The molecule has 0 radical (unpaired) electrons. The molecule has 2 heterocycles. The maximum atomic E-state index is 13.1. The predicted molar refractivity (Wildman–Crippen MR) is 128 cm³/mol. The average molecular weight is 444 g/mol. The van der Waals surface area contributed by atoms with E-state index in [9.17, 15) is 4.79 Å². The van der Waals surface area contributed by atoms with Crippen molar-refractivity contribution in [2.24, 2.45) is 0 Å². The van der Waals surface area contributed by atoms with E-state index >= 15 is 0 Å². The second kappa shape index (κ2) is 9.40. The fourth-order valence-corrected chi connectivity index (χ4v) is 4.97. The molecule has 1 N–H and O–H groups in total. The number of carbonyl (C=O) groups is 1. The molecule has 0 bridgehead atoms. The predicted octanol–water partition coefficient (Wildman–Crippen LogP) is 5.64. The molecule has 0 saturated carbocycles. The number of amides is 2. The van der Waals surface area contributed by atoms with Crippen LogP contribution < -0.4 is 10.1 Å². The molecule has 1 aromatic heterocycles. The Balaban J connectivity index is 1.21. The van der Waals surface area contributed by atoms with Crippen LogP contribution in [0.4, 0.5) is 4.79 Å². The van der Waals surface area contributed by atoms with Crippen LogP contribution in [-0.2, 0) is 0 Å². The van der Waals surface area contributed by atoms with Gasteiger partial charge in [-0.05, 0) is 23.3 Å². The van der Waals surface area contributed by atoms with Crippen molar-refractivity contribution in [3.63, 3.8) is 0 Å². The Morgan fingerprint density at radius 3 is 2.12 bits per heavy atom. The van der Waals surface area contributed by atoms with Crippen molar-refractivity contribution in [1.82, 2.24) is 15.2 Å². The smallest absolute Gasteiger partial charge is 0.318 e. The van der Waals surface area contributed by atoms with Crippen molar-refractivity contribution in [3.05, 3.63) is 96.1 Å². The van der Waals surface area contributed by atoms with E-state index in [-0.39, 0.29) is 18.2 Å². The number of fused-ring (bicyclic) bond motifs is 1. The number of hydrogen-bond donors (Lipinski definition) is 1. The van der Waals surface area contributed by atoms with E-state index < -0.39 is 0 Å². The van der Waals surface area contributed by atoms with Crippen LogP contribution >= 0.6 is 11.3 Å². The molecule has 162 valence electrons. The van der Waals surface area contributed by atoms with Crippen molar-refractivity contribution >= 4 is 27.6 Å². The summed E-state index contributed by atoms with van der Waals surface area (Å²) in [5, 5.41) is 3.95. The normalized spacial score (nSPS) is 14.6. The van der Waals surface area contributed by atoms with Crippen molar-refractivity contribution in [2.75, 3.05) is 13.1 Å². The zero-order valence-electron chi connectivity index (χ0n) is 17.7. The van der Waals surface area contributed by atoms with Crippen LogP contribution in [0.3, 0.4) is 0 Å². The molecular weight excluding hydrogens is 418 g/mol. The quantitative estimate of drug-likeness (QED) is 0.434. The number of carbonyl (C=O) groups excluding carboxylic acids is 1.